The van der Waals surface area contributed by atoms with Gasteiger partial charge in [-0.05, 0) is 57.0 Å². The summed E-state index contributed by atoms with van der Waals surface area (Å²) in [5.41, 5.74) is 9.43. The van der Waals surface area contributed by atoms with Gasteiger partial charge in [-0.15, -0.1) is 0 Å². The van der Waals surface area contributed by atoms with Gasteiger partial charge in [-0.1, -0.05) is 36.4 Å². The van der Waals surface area contributed by atoms with E-state index < -0.39 is 0 Å². The molecule has 0 saturated carbocycles. The number of aryl methyl sites for hydroxylation is 1. The van der Waals surface area contributed by atoms with Crippen molar-refractivity contribution >= 4 is 17.2 Å². The first kappa shape index (κ1) is 17.7. The molecule has 2 heterocycles. The maximum Gasteiger partial charge on any atom is 0.135 e. The van der Waals surface area contributed by atoms with Crippen LogP contribution in [0.4, 0.5) is 5.69 Å². The molecule has 0 amide bonds. The zero-order valence-electron chi connectivity index (χ0n) is 15.7. The highest BCUT2D eigenvalue weighted by molar-refractivity contribution is 5.84. The average Bonchev–Trinajstić information content (AvgIpc) is 3.07. The Balaban J connectivity index is 1.98. The standard InChI is InChI=1S/C21H24N4O/c1-5-15(2)19-12-9-13-20(21-16(3)14-26-24-21)25(19)23-17(4)22-18-10-7-6-8-11-18/h6-14H,5H2,1-4H3,(H,22,23)/b19-15+. The second-order valence-electron chi connectivity index (χ2n) is 6.26. The average molecular weight is 348 g/mol. The Morgan fingerprint density at radius 1 is 1.23 bits per heavy atom. The number of para-hydroxylation sites is 1. The SMILES string of the molecule is CC/C(C)=C1\C=CC=C(c2nocc2C)N1NC(C)=Nc1ccccc1. The zero-order chi connectivity index (χ0) is 18.5. The van der Waals surface area contributed by atoms with Crippen molar-refractivity contribution in [2.45, 2.75) is 34.1 Å². The Morgan fingerprint density at radius 3 is 2.65 bits per heavy atom. The molecular weight excluding hydrogens is 324 g/mol. The quantitative estimate of drug-likeness (QED) is 0.614. The molecule has 1 aromatic heterocycles. The van der Waals surface area contributed by atoms with E-state index in [4.69, 9.17) is 4.52 Å². The lowest BCUT2D eigenvalue weighted by molar-refractivity contribution is 0.404. The summed E-state index contributed by atoms with van der Waals surface area (Å²) >= 11 is 0. The Morgan fingerprint density at radius 2 is 2.00 bits per heavy atom. The molecule has 0 unspecified atom stereocenters. The third-order valence-electron chi connectivity index (χ3n) is 4.27. The fourth-order valence-electron chi connectivity index (χ4n) is 2.75. The summed E-state index contributed by atoms with van der Waals surface area (Å²) in [6.45, 7) is 8.23. The summed E-state index contributed by atoms with van der Waals surface area (Å²) in [6.07, 6.45) is 8.78. The van der Waals surface area contributed by atoms with Gasteiger partial charge in [0.05, 0.1) is 17.1 Å². The molecule has 0 radical (unpaired) electrons. The van der Waals surface area contributed by atoms with Crippen LogP contribution in [0.5, 0.6) is 0 Å². The van der Waals surface area contributed by atoms with Gasteiger partial charge < -0.3 is 4.52 Å². The summed E-state index contributed by atoms with van der Waals surface area (Å²) in [4.78, 5) is 4.66. The predicted molar refractivity (Wildman–Crippen MR) is 106 cm³/mol. The third kappa shape index (κ3) is 3.77. The van der Waals surface area contributed by atoms with Crippen molar-refractivity contribution in [1.29, 1.82) is 0 Å². The second-order valence-corrected chi connectivity index (χ2v) is 6.26. The molecular formula is C21H24N4O. The molecule has 26 heavy (non-hydrogen) atoms. The molecule has 3 rings (SSSR count). The Labute approximate surface area is 154 Å². The minimum absolute atomic E-state index is 0.792. The van der Waals surface area contributed by atoms with Crippen molar-refractivity contribution in [2.24, 2.45) is 4.99 Å². The molecule has 0 atom stereocenters. The summed E-state index contributed by atoms with van der Waals surface area (Å²) in [6, 6.07) is 9.90. The number of amidine groups is 1. The van der Waals surface area contributed by atoms with E-state index in [1.54, 1.807) is 6.26 Å². The zero-order valence-corrected chi connectivity index (χ0v) is 15.7. The van der Waals surface area contributed by atoms with E-state index in [0.717, 1.165) is 40.6 Å². The highest BCUT2D eigenvalue weighted by Crippen LogP contribution is 2.29. The molecule has 1 aliphatic heterocycles. The third-order valence-corrected chi connectivity index (χ3v) is 4.27. The first-order valence-electron chi connectivity index (χ1n) is 8.76. The van der Waals surface area contributed by atoms with Crippen molar-refractivity contribution in [3.63, 3.8) is 0 Å². The van der Waals surface area contributed by atoms with E-state index in [1.165, 1.54) is 5.57 Å². The first-order chi connectivity index (χ1) is 12.6. The minimum atomic E-state index is 0.792. The van der Waals surface area contributed by atoms with Crippen LogP contribution in [-0.2, 0) is 0 Å². The number of hydrogen-bond donors (Lipinski definition) is 1. The summed E-state index contributed by atoms with van der Waals surface area (Å²) < 4.78 is 5.15. The van der Waals surface area contributed by atoms with E-state index in [0.29, 0.717) is 0 Å². The minimum Gasteiger partial charge on any atom is -0.364 e. The lowest BCUT2D eigenvalue weighted by Gasteiger charge is -2.32. The van der Waals surface area contributed by atoms with Gasteiger partial charge >= 0.3 is 0 Å². The molecule has 0 aliphatic carbocycles. The molecule has 0 saturated heterocycles. The number of hydrazine groups is 1. The molecule has 1 aromatic carbocycles. The van der Waals surface area contributed by atoms with Crippen LogP contribution in [0, 0.1) is 6.92 Å². The van der Waals surface area contributed by atoms with Crippen LogP contribution in [0.1, 0.15) is 38.4 Å². The molecule has 1 N–H and O–H groups in total. The van der Waals surface area contributed by atoms with Crippen LogP contribution in [0.3, 0.4) is 0 Å². The van der Waals surface area contributed by atoms with Crippen LogP contribution in [0.15, 0.2) is 75.6 Å². The number of aromatic nitrogens is 1. The van der Waals surface area contributed by atoms with Gasteiger partial charge in [-0.2, -0.15) is 0 Å². The van der Waals surface area contributed by atoms with Crippen molar-refractivity contribution in [2.75, 3.05) is 0 Å². The number of nitrogens with one attached hydrogen (secondary N) is 1. The van der Waals surface area contributed by atoms with Gasteiger partial charge in [0.2, 0.25) is 0 Å². The molecule has 5 nitrogen and oxygen atoms in total. The summed E-state index contributed by atoms with van der Waals surface area (Å²) in [7, 11) is 0. The second kappa shape index (κ2) is 7.87. The number of benzene rings is 1. The highest BCUT2D eigenvalue weighted by Gasteiger charge is 2.23. The van der Waals surface area contributed by atoms with Crippen molar-refractivity contribution in [3.8, 4) is 0 Å². The first-order valence-corrected chi connectivity index (χ1v) is 8.76. The van der Waals surface area contributed by atoms with E-state index in [-0.39, 0.29) is 0 Å². The van der Waals surface area contributed by atoms with Gasteiger partial charge in [-0.3, -0.25) is 10.4 Å². The summed E-state index contributed by atoms with van der Waals surface area (Å²) in [5.74, 6) is 0.792. The van der Waals surface area contributed by atoms with Gasteiger partial charge in [0.15, 0.2) is 0 Å². The molecule has 5 heteroatoms. The van der Waals surface area contributed by atoms with E-state index >= 15 is 0 Å². The van der Waals surface area contributed by atoms with Crippen molar-refractivity contribution in [1.82, 2.24) is 15.6 Å². The van der Waals surface area contributed by atoms with Crippen molar-refractivity contribution < 1.29 is 4.52 Å². The fourth-order valence-corrected chi connectivity index (χ4v) is 2.75. The summed E-state index contributed by atoms with van der Waals surface area (Å²) in [5, 5.41) is 6.21. The molecule has 134 valence electrons. The van der Waals surface area contributed by atoms with E-state index in [2.05, 4.69) is 35.5 Å². The highest BCUT2D eigenvalue weighted by atomic mass is 16.5. The molecule has 1 aliphatic rings. The van der Waals surface area contributed by atoms with E-state index in [9.17, 15) is 0 Å². The predicted octanol–water partition coefficient (Wildman–Crippen LogP) is 5.13. The topological polar surface area (TPSA) is 53.7 Å². The van der Waals surface area contributed by atoms with Crippen LogP contribution in [0.2, 0.25) is 0 Å². The van der Waals surface area contributed by atoms with Gasteiger partial charge in [-0.25, -0.2) is 4.99 Å². The van der Waals surface area contributed by atoms with Crippen LogP contribution in [0.25, 0.3) is 5.70 Å². The maximum absolute atomic E-state index is 5.15. The number of allylic oxidation sites excluding steroid dienone is 4. The molecule has 0 bridgehead atoms. The Hall–Kier alpha value is -3.08. The van der Waals surface area contributed by atoms with Gasteiger partial charge in [0, 0.05) is 5.56 Å². The number of hydrogen-bond acceptors (Lipinski definition) is 4. The van der Waals surface area contributed by atoms with E-state index in [1.807, 2.05) is 61.3 Å². The number of nitrogens with zero attached hydrogens (tertiary/aromatic N) is 3. The normalized spacial score (nSPS) is 16.5. The lowest BCUT2D eigenvalue weighted by Crippen LogP contribution is -2.40. The molecule has 2 aromatic rings. The van der Waals surface area contributed by atoms with Crippen molar-refractivity contribution in [3.05, 3.63) is 77.4 Å². The van der Waals surface area contributed by atoms with Crippen LogP contribution >= 0.6 is 0 Å². The largest absolute Gasteiger partial charge is 0.364 e. The van der Waals surface area contributed by atoms with Crippen LogP contribution < -0.4 is 5.43 Å². The van der Waals surface area contributed by atoms with Crippen LogP contribution in [-0.4, -0.2) is 16.0 Å². The smallest absolute Gasteiger partial charge is 0.135 e. The molecule has 0 fully saturated rings. The number of rotatable bonds is 4. The van der Waals surface area contributed by atoms with Gasteiger partial charge in [0.1, 0.15) is 17.8 Å². The number of aliphatic imine (C=N–C) groups is 1. The monoisotopic (exact) mass is 348 g/mol. The fraction of sp³-hybridized carbons (Fsp3) is 0.238. The molecule has 0 spiro atoms. The Bertz CT molecular complexity index is 888. The van der Waals surface area contributed by atoms with Gasteiger partial charge in [0.25, 0.3) is 0 Å². The lowest BCUT2D eigenvalue weighted by atomic mass is 10.1. The maximum atomic E-state index is 5.15. The Kier molecular flexibility index (Phi) is 5.37.